The first-order valence-electron chi connectivity index (χ1n) is 5.91. The van der Waals surface area contributed by atoms with Crippen LogP contribution in [0.5, 0.6) is 0 Å². The van der Waals surface area contributed by atoms with Gasteiger partial charge in [0.05, 0.1) is 4.88 Å². The summed E-state index contributed by atoms with van der Waals surface area (Å²) < 4.78 is 0.955. The van der Waals surface area contributed by atoms with E-state index in [1.54, 1.807) is 11.3 Å². The molecule has 4 heteroatoms. The highest BCUT2D eigenvalue weighted by molar-refractivity contribution is 9.10. The number of benzene rings is 1. The number of aromatic nitrogens is 1. The average Bonchev–Trinajstić information content (AvgIpc) is 2.59. The summed E-state index contributed by atoms with van der Waals surface area (Å²) in [6, 6.07) is 4.44. The van der Waals surface area contributed by atoms with Gasteiger partial charge in [-0.25, -0.2) is 4.98 Å². The fourth-order valence-electron chi connectivity index (χ4n) is 2.23. The molecule has 0 bridgehead atoms. The van der Waals surface area contributed by atoms with Gasteiger partial charge in [-0.05, 0) is 54.9 Å². The maximum Gasteiger partial charge on any atom is 0.125 e. The topological polar surface area (TPSA) is 24.9 Å². The summed E-state index contributed by atoms with van der Waals surface area (Å²) in [5, 5.41) is 4.27. The fraction of sp³-hybridized carbons (Fsp3) is 0.357. The third-order valence-electron chi connectivity index (χ3n) is 2.88. The Labute approximate surface area is 121 Å². The van der Waals surface area contributed by atoms with Crippen LogP contribution < -0.4 is 5.32 Å². The van der Waals surface area contributed by atoms with Gasteiger partial charge in [0.2, 0.25) is 0 Å². The van der Waals surface area contributed by atoms with Crippen molar-refractivity contribution in [3.8, 4) is 10.6 Å². The van der Waals surface area contributed by atoms with Gasteiger partial charge in [0, 0.05) is 12.1 Å². The number of nitrogens with zero attached hydrogens (tertiary/aromatic N) is 1. The van der Waals surface area contributed by atoms with E-state index in [4.69, 9.17) is 0 Å². The van der Waals surface area contributed by atoms with Gasteiger partial charge >= 0.3 is 0 Å². The first-order valence-corrected chi connectivity index (χ1v) is 7.52. The van der Waals surface area contributed by atoms with Gasteiger partial charge in [-0.2, -0.15) is 0 Å². The summed E-state index contributed by atoms with van der Waals surface area (Å²) in [5.41, 5.74) is 5.17. The minimum Gasteiger partial charge on any atom is -0.315 e. The summed E-state index contributed by atoms with van der Waals surface area (Å²) in [4.78, 5) is 5.89. The predicted molar refractivity (Wildman–Crippen MR) is 82.2 cm³/mol. The second-order valence-electron chi connectivity index (χ2n) is 4.54. The Morgan fingerprint density at radius 3 is 2.39 bits per heavy atom. The van der Waals surface area contributed by atoms with Crippen molar-refractivity contribution in [3.05, 3.63) is 38.3 Å². The molecule has 0 fully saturated rings. The molecule has 1 heterocycles. The van der Waals surface area contributed by atoms with Crippen LogP contribution in [0.1, 0.15) is 21.6 Å². The Balaban J connectivity index is 2.52. The third-order valence-corrected chi connectivity index (χ3v) is 4.87. The van der Waals surface area contributed by atoms with Crippen molar-refractivity contribution < 1.29 is 0 Å². The third kappa shape index (κ3) is 2.66. The molecule has 18 heavy (non-hydrogen) atoms. The van der Waals surface area contributed by atoms with Crippen molar-refractivity contribution in [2.45, 2.75) is 27.3 Å². The van der Waals surface area contributed by atoms with Crippen LogP contribution in [0.15, 0.2) is 16.7 Å². The Kier molecular flexibility index (Phi) is 4.20. The largest absolute Gasteiger partial charge is 0.315 e. The Morgan fingerprint density at radius 2 is 1.83 bits per heavy atom. The van der Waals surface area contributed by atoms with Gasteiger partial charge in [0.15, 0.2) is 0 Å². The molecule has 0 atom stereocenters. The number of nitrogens with one attached hydrogen (secondary N) is 1. The first kappa shape index (κ1) is 13.7. The van der Waals surface area contributed by atoms with Crippen LogP contribution in [-0.4, -0.2) is 12.0 Å². The van der Waals surface area contributed by atoms with Crippen LogP contribution >= 0.6 is 27.3 Å². The number of hydrogen-bond acceptors (Lipinski definition) is 3. The summed E-state index contributed by atoms with van der Waals surface area (Å²) in [5.74, 6) is 0. The van der Waals surface area contributed by atoms with E-state index in [-0.39, 0.29) is 0 Å². The first-order chi connectivity index (χ1) is 8.52. The van der Waals surface area contributed by atoms with Crippen LogP contribution in [0.3, 0.4) is 0 Å². The van der Waals surface area contributed by atoms with Gasteiger partial charge in [-0.3, -0.25) is 0 Å². The van der Waals surface area contributed by atoms with Crippen LogP contribution in [0.25, 0.3) is 10.6 Å². The number of hydrogen-bond donors (Lipinski definition) is 1. The molecule has 96 valence electrons. The van der Waals surface area contributed by atoms with Crippen LogP contribution in [0.4, 0.5) is 0 Å². The van der Waals surface area contributed by atoms with E-state index in [0.29, 0.717) is 0 Å². The Morgan fingerprint density at radius 1 is 1.22 bits per heavy atom. The van der Waals surface area contributed by atoms with E-state index in [1.807, 2.05) is 7.05 Å². The lowest BCUT2D eigenvalue weighted by atomic mass is 10.0. The highest BCUT2D eigenvalue weighted by Gasteiger charge is 2.14. The van der Waals surface area contributed by atoms with E-state index >= 15 is 0 Å². The van der Waals surface area contributed by atoms with Crippen LogP contribution in [0.2, 0.25) is 0 Å². The number of aryl methyl sites for hydroxylation is 3. The highest BCUT2D eigenvalue weighted by Crippen LogP contribution is 2.35. The van der Waals surface area contributed by atoms with Crippen molar-refractivity contribution in [1.29, 1.82) is 0 Å². The van der Waals surface area contributed by atoms with Crippen LogP contribution in [-0.2, 0) is 6.54 Å². The van der Waals surface area contributed by atoms with Gasteiger partial charge in [0.1, 0.15) is 9.61 Å². The minimum atomic E-state index is 0.849. The maximum absolute atomic E-state index is 4.65. The molecule has 1 aromatic heterocycles. The van der Waals surface area contributed by atoms with Crippen LogP contribution in [0, 0.1) is 20.8 Å². The summed E-state index contributed by atoms with van der Waals surface area (Å²) >= 11 is 5.29. The number of thiazole rings is 1. The summed E-state index contributed by atoms with van der Waals surface area (Å²) in [7, 11) is 1.95. The van der Waals surface area contributed by atoms with Gasteiger partial charge in [-0.1, -0.05) is 17.7 Å². The number of halogens is 1. The molecule has 0 spiro atoms. The highest BCUT2D eigenvalue weighted by atomic mass is 79.9. The molecule has 0 aliphatic heterocycles. The van der Waals surface area contributed by atoms with Crippen molar-refractivity contribution in [1.82, 2.24) is 10.3 Å². The van der Waals surface area contributed by atoms with Crippen molar-refractivity contribution in [3.63, 3.8) is 0 Å². The molecule has 0 saturated carbocycles. The second-order valence-corrected chi connectivity index (χ2v) is 6.37. The lowest BCUT2D eigenvalue weighted by Gasteiger charge is -2.08. The van der Waals surface area contributed by atoms with Gasteiger partial charge in [-0.15, -0.1) is 11.3 Å². The fourth-order valence-corrected chi connectivity index (χ4v) is 4.05. The standard InChI is InChI=1S/C14H17BrN2S/c1-8-5-9(2)12(10(3)6-8)14-17-13(15)11(18-14)7-16-4/h5-6,16H,7H2,1-4H3. The lowest BCUT2D eigenvalue weighted by Crippen LogP contribution is -2.03. The molecule has 0 radical (unpaired) electrons. The van der Waals surface area contributed by atoms with E-state index in [1.165, 1.54) is 27.1 Å². The van der Waals surface area contributed by atoms with Crippen molar-refractivity contribution >= 4 is 27.3 Å². The zero-order valence-corrected chi connectivity index (χ0v) is 13.5. The lowest BCUT2D eigenvalue weighted by molar-refractivity contribution is 0.825. The average molecular weight is 325 g/mol. The molecular formula is C14H17BrN2S. The SMILES string of the molecule is CNCc1sc(-c2c(C)cc(C)cc2C)nc1Br. The van der Waals surface area contributed by atoms with E-state index in [0.717, 1.165) is 16.2 Å². The molecule has 0 amide bonds. The number of rotatable bonds is 3. The quantitative estimate of drug-likeness (QED) is 0.914. The molecular weight excluding hydrogens is 308 g/mol. The molecule has 2 aromatic rings. The molecule has 0 saturated heterocycles. The monoisotopic (exact) mass is 324 g/mol. The van der Waals surface area contributed by atoms with E-state index < -0.39 is 0 Å². The zero-order valence-electron chi connectivity index (χ0n) is 11.1. The van der Waals surface area contributed by atoms with Crippen molar-refractivity contribution in [2.75, 3.05) is 7.05 Å². The van der Waals surface area contributed by atoms with Gasteiger partial charge in [0.25, 0.3) is 0 Å². The smallest absolute Gasteiger partial charge is 0.125 e. The molecule has 0 aliphatic carbocycles. The Hall–Kier alpha value is -0.710. The Bertz CT molecular complexity index is 552. The molecule has 1 N–H and O–H groups in total. The van der Waals surface area contributed by atoms with Gasteiger partial charge < -0.3 is 5.32 Å². The molecule has 2 nitrogen and oxygen atoms in total. The summed E-state index contributed by atoms with van der Waals surface area (Å²) in [6.07, 6.45) is 0. The normalized spacial score (nSPS) is 10.9. The summed E-state index contributed by atoms with van der Waals surface area (Å²) in [6.45, 7) is 7.29. The molecule has 2 rings (SSSR count). The maximum atomic E-state index is 4.65. The molecule has 1 aromatic carbocycles. The van der Waals surface area contributed by atoms with Crippen molar-refractivity contribution in [2.24, 2.45) is 0 Å². The second kappa shape index (κ2) is 5.51. The zero-order chi connectivity index (χ0) is 13.3. The predicted octanol–water partition coefficient (Wildman–Crippen LogP) is 4.22. The minimum absolute atomic E-state index is 0.849. The van der Waals surface area contributed by atoms with E-state index in [2.05, 4.69) is 59.1 Å². The molecule has 0 unspecified atom stereocenters. The van der Waals surface area contributed by atoms with E-state index in [9.17, 15) is 0 Å². The molecule has 0 aliphatic rings.